The lowest BCUT2D eigenvalue weighted by Crippen LogP contribution is -2.26. The molecule has 0 saturated heterocycles. The van der Waals surface area contributed by atoms with Gasteiger partial charge < -0.3 is 20.7 Å². The summed E-state index contributed by atoms with van der Waals surface area (Å²) in [6.45, 7) is 4.19. The molecule has 19 heavy (non-hydrogen) atoms. The first-order chi connectivity index (χ1) is 8.86. The minimum atomic E-state index is -0.688. The summed E-state index contributed by atoms with van der Waals surface area (Å²) in [5.41, 5.74) is 6.52. The smallest absolute Gasteiger partial charge is 0.162 e. The van der Waals surface area contributed by atoms with E-state index in [2.05, 4.69) is 29.8 Å². The van der Waals surface area contributed by atoms with Crippen molar-refractivity contribution in [3.05, 3.63) is 22.2 Å². The zero-order chi connectivity index (χ0) is 14.6. The standard InChI is InChI=1S/C14H22BrNO3/c1-8(2)4-5-11(17)13(16)10-6-9(15)7-12(19-3)14(10)18/h6-8,11,13,17-18H,4-5,16H2,1-3H3/t11-,13+/m0/s1. The number of methoxy groups -OCH3 is 1. The molecule has 0 saturated carbocycles. The number of aliphatic hydroxyl groups excluding tert-OH is 1. The molecule has 1 aromatic carbocycles. The Hall–Kier alpha value is -0.780. The molecule has 5 heteroatoms. The Morgan fingerprint density at radius 3 is 2.47 bits per heavy atom. The molecule has 0 aliphatic rings. The van der Waals surface area contributed by atoms with E-state index in [9.17, 15) is 10.2 Å². The molecule has 2 atom stereocenters. The van der Waals surface area contributed by atoms with E-state index in [1.807, 2.05) is 0 Å². The molecule has 0 aliphatic carbocycles. The molecular weight excluding hydrogens is 310 g/mol. The highest BCUT2D eigenvalue weighted by Crippen LogP contribution is 2.37. The summed E-state index contributed by atoms with van der Waals surface area (Å²) in [7, 11) is 1.48. The second-order valence-electron chi connectivity index (χ2n) is 5.11. The lowest BCUT2D eigenvalue weighted by Gasteiger charge is -2.22. The lowest BCUT2D eigenvalue weighted by atomic mass is 9.95. The zero-order valence-corrected chi connectivity index (χ0v) is 13.1. The molecule has 0 aliphatic heterocycles. The van der Waals surface area contributed by atoms with Crippen LogP contribution in [0, 0.1) is 5.92 Å². The van der Waals surface area contributed by atoms with Crippen molar-refractivity contribution in [3.8, 4) is 11.5 Å². The number of rotatable bonds is 6. The van der Waals surface area contributed by atoms with Gasteiger partial charge in [-0.25, -0.2) is 0 Å². The number of ether oxygens (including phenoxy) is 1. The second kappa shape index (κ2) is 7.12. The fourth-order valence-corrected chi connectivity index (χ4v) is 2.35. The van der Waals surface area contributed by atoms with Crippen LogP contribution in [0.25, 0.3) is 0 Å². The van der Waals surface area contributed by atoms with Gasteiger partial charge >= 0.3 is 0 Å². The Kier molecular flexibility index (Phi) is 6.10. The number of aliphatic hydroxyl groups is 1. The van der Waals surface area contributed by atoms with Crippen molar-refractivity contribution in [2.24, 2.45) is 11.7 Å². The van der Waals surface area contributed by atoms with Gasteiger partial charge in [0.15, 0.2) is 11.5 Å². The molecule has 0 amide bonds. The Balaban J connectivity index is 2.92. The van der Waals surface area contributed by atoms with Gasteiger partial charge in [-0.15, -0.1) is 0 Å². The van der Waals surface area contributed by atoms with Crippen molar-refractivity contribution >= 4 is 15.9 Å². The summed E-state index contributed by atoms with van der Waals surface area (Å²) in [5.74, 6) is 0.838. The van der Waals surface area contributed by atoms with E-state index in [1.54, 1.807) is 12.1 Å². The highest BCUT2D eigenvalue weighted by Gasteiger charge is 2.22. The maximum Gasteiger partial charge on any atom is 0.162 e. The van der Waals surface area contributed by atoms with Crippen molar-refractivity contribution in [1.82, 2.24) is 0 Å². The number of phenolic OH excluding ortho intramolecular Hbond substituents is 1. The molecule has 0 radical (unpaired) electrons. The van der Waals surface area contributed by atoms with Gasteiger partial charge in [0.05, 0.1) is 19.3 Å². The second-order valence-corrected chi connectivity index (χ2v) is 6.03. The Bertz CT molecular complexity index is 423. The number of phenols is 1. The molecule has 0 bridgehead atoms. The van der Waals surface area contributed by atoms with E-state index in [0.717, 1.165) is 10.9 Å². The summed E-state index contributed by atoms with van der Waals surface area (Å²) in [4.78, 5) is 0. The van der Waals surface area contributed by atoms with Gasteiger partial charge in [-0.05, 0) is 30.9 Å². The van der Waals surface area contributed by atoms with Crippen LogP contribution in [0.2, 0.25) is 0 Å². The fourth-order valence-electron chi connectivity index (χ4n) is 1.90. The van der Waals surface area contributed by atoms with Crippen LogP contribution >= 0.6 is 15.9 Å². The molecular formula is C14H22BrNO3. The molecule has 1 aromatic rings. The zero-order valence-electron chi connectivity index (χ0n) is 11.6. The first-order valence-corrected chi connectivity index (χ1v) is 7.16. The van der Waals surface area contributed by atoms with Gasteiger partial charge in [-0.1, -0.05) is 29.8 Å². The molecule has 0 spiro atoms. The molecule has 0 aromatic heterocycles. The van der Waals surface area contributed by atoms with E-state index in [1.165, 1.54) is 7.11 Å². The number of aromatic hydroxyl groups is 1. The molecule has 0 heterocycles. The number of benzene rings is 1. The predicted molar refractivity (Wildman–Crippen MR) is 79.4 cm³/mol. The third kappa shape index (κ3) is 4.37. The molecule has 4 nitrogen and oxygen atoms in total. The SMILES string of the molecule is COc1cc(Br)cc([C@@H](N)[C@@H](O)CCC(C)C)c1O. The monoisotopic (exact) mass is 331 g/mol. The number of halogens is 1. The van der Waals surface area contributed by atoms with Crippen LogP contribution in [0.4, 0.5) is 0 Å². The molecule has 0 unspecified atom stereocenters. The minimum Gasteiger partial charge on any atom is -0.504 e. The Morgan fingerprint density at radius 1 is 1.32 bits per heavy atom. The highest BCUT2D eigenvalue weighted by atomic mass is 79.9. The Morgan fingerprint density at radius 2 is 1.95 bits per heavy atom. The van der Waals surface area contributed by atoms with Crippen LogP contribution in [0.5, 0.6) is 11.5 Å². The summed E-state index contributed by atoms with van der Waals surface area (Å²) in [5, 5.41) is 20.2. The van der Waals surface area contributed by atoms with Crippen LogP contribution < -0.4 is 10.5 Å². The molecule has 4 N–H and O–H groups in total. The first-order valence-electron chi connectivity index (χ1n) is 6.36. The number of nitrogens with two attached hydrogens (primary N) is 1. The predicted octanol–water partition coefficient (Wildman–Crippen LogP) is 2.96. The summed E-state index contributed by atoms with van der Waals surface area (Å²) < 4.78 is 5.83. The van der Waals surface area contributed by atoms with Gasteiger partial charge in [0.1, 0.15) is 0 Å². The molecule has 1 rings (SSSR count). The largest absolute Gasteiger partial charge is 0.504 e. The summed E-state index contributed by atoms with van der Waals surface area (Å²) in [6.07, 6.45) is 0.806. The van der Waals surface area contributed by atoms with Gasteiger partial charge in [-0.3, -0.25) is 0 Å². The lowest BCUT2D eigenvalue weighted by molar-refractivity contribution is 0.127. The van der Waals surface area contributed by atoms with E-state index < -0.39 is 12.1 Å². The van der Waals surface area contributed by atoms with Crippen molar-refractivity contribution in [1.29, 1.82) is 0 Å². The van der Waals surface area contributed by atoms with Crippen molar-refractivity contribution in [3.63, 3.8) is 0 Å². The van der Waals surface area contributed by atoms with E-state index in [0.29, 0.717) is 23.7 Å². The van der Waals surface area contributed by atoms with Gasteiger partial charge in [0, 0.05) is 10.0 Å². The third-order valence-electron chi connectivity index (χ3n) is 3.10. The summed E-state index contributed by atoms with van der Waals surface area (Å²) >= 11 is 3.34. The maximum atomic E-state index is 10.1. The average Bonchev–Trinajstić information content (AvgIpc) is 2.37. The van der Waals surface area contributed by atoms with Gasteiger partial charge in [0.2, 0.25) is 0 Å². The van der Waals surface area contributed by atoms with Crippen LogP contribution in [-0.2, 0) is 0 Å². The summed E-state index contributed by atoms with van der Waals surface area (Å²) in [6, 6.07) is 2.73. The number of hydrogen-bond acceptors (Lipinski definition) is 4. The number of hydrogen-bond donors (Lipinski definition) is 3. The van der Waals surface area contributed by atoms with Crippen LogP contribution in [0.1, 0.15) is 38.3 Å². The fraction of sp³-hybridized carbons (Fsp3) is 0.571. The third-order valence-corrected chi connectivity index (χ3v) is 3.56. The molecule has 0 fully saturated rings. The van der Waals surface area contributed by atoms with Crippen LogP contribution in [0.15, 0.2) is 16.6 Å². The van der Waals surface area contributed by atoms with E-state index in [-0.39, 0.29) is 5.75 Å². The normalized spacial score (nSPS) is 14.5. The maximum absolute atomic E-state index is 10.1. The van der Waals surface area contributed by atoms with Gasteiger partial charge in [-0.2, -0.15) is 0 Å². The van der Waals surface area contributed by atoms with Crippen molar-refractivity contribution in [2.45, 2.75) is 38.8 Å². The van der Waals surface area contributed by atoms with E-state index in [4.69, 9.17) is 10.5 Å². The topological polar surface area (TPSA) is 75.7 Å². The van der Waals surface area contributed by atoms with Crippen molar-refractivity contribution < 1.29 is 14.9 Å². The average molecular weight is 332 g/mol. The van der Waals surface area contributed by atoms with Crippen LogP contribution in [-0.4, -0.2) is 23.4 Å². The molecule has 108 valence electrons. The van der Waals surface area contributed by atoms with Crippen molar-refractivity contribution in [2.75, 3.05) is 7.11 Å². The first kappa shape index (κ1) is 16.3. The van der Waals surface area contributed by atoms with Crippen LogP contribution in [0.3, 0.4) is 0 Å². The quantitative estimate of drug-likeness (QED) is 0.749. The minimum absolute atomic E-state index is 0.0122. The Labute approximate surface area is 122 Å². The van der Waals surface area contributed by atoms with Gasteiger partial charge in [0.25, 0.3) is 0 Å². The highest BCUT2D eigenvalue weighted by molar-refractivity contribution is 9.10. The van der Waals surface area contributed by atoms with E-state index >= 15 is 0 Å².